The van der Waals surface area contributed by atoms with Crippen molar-refractivity contribution in [3.05, 3.63) is 93.1 Å². The van der Waals surface area contributed by atoms with Crippen molar-refractivity contribution in [2.24, 2.45) is 0 Å². The van der Waals surface area contributed by atoms with Crippen molar-refractivity contribution in [1.82, 2.24) is 4.57 Å². The second kappa shape index (κ2) is 8.11. The highest BCUT2D eigenvalue weighted by molar-refractivity contribution is 6.26. The molecule has 0 radical (unpaired) electrons. The van der Waals surface area contributed by atoms with E-state index in [1.54, 1.807) is 35.2 Å². The summed E-state index contributed by atoms with van der Waals surface area (Å²) in [5.41, 5.74) is 1.30. The topological polar surface area (TPSA) is 103 Å². The molecule has 0 saturated carbocycles. The van der Waals surface area contributed by atoms with Crippen LogP contribution in [0.4, 0.5) is 5.69 Å². The highest BCUT2D eigenvalue weighted by Crippen LogP contribution is 2.26. The fraction of sp³-hybridized carbons (Fsp3) is 0.143. The monoisotopic (exact) mass is 469 g/mol. The summed E-state index contributed by atoms with van der Waals surface area (Å²) in [5, 5.41) is 10.8. The number of nitro benzene ring substituents is 1. The lowest BCUT2D eigenvalue weighted by Crippen LogP contribution is -3.00. The molecule has 0 spiro atoms. The van der Waals surface area contributed by atoms with Gasteiger partial charge in [-0.15, -0.1) is 0 Å². The molecule has 0 aliphatic heterocycles. The average molecular weight is 470 g/mol. The van der Waals surface area contributed by atoms with E-state index < -0.39 is 4.92 Å². The Morgan fingerprint density at radius 2 is 1.63 bits per heavy atom. The third-order valence-electron chi connectivity index (χ3n) is 4.98. The van der Waals surface area contributed by atoms with Crippen molar-refractivity contribution in [2.75, 3.05) is 0 Å². The standard InChI is InChI=1S/C21H16N3O5.BrH/c1-2-22-12-23(11-17(25)13-7-9-14(10-8-13)24(28)29)19-18(22)20(26)15-5-3-4-6-16(15)21(19)27;/h3-10,12H,2,11H2,1H3;1H/q+1;/p-1. The van der Waals surface area contributed by atoms with Crippen molar-refractivity contribution in [2.45, 2.75) is 20.0 Å². The Morgan fingerprint density at radius 3 is 2.20 bits per heavy atom. The van der Waals surface area contributed by atoms with Crippen LogP contribution in [0.25, 0.3) is 0 Å². The van der Waals surface area contributed by atoms with E-state index >= 15 is 0 Å². The molecule has 2 aromatic carbocycles. The van der Waals surface area contributed by atoms with Crippen molar-refractivity contribution >= 4 is 23.0 Å². The summed E-state index contributed by atoms with van der Waals surface area (Å²) in [4.78, 5) is 49.0. The SMILES string of the molecule is CCn1c[n+](CC(=O)c2ccc([N+](=O)[O-])cc2)c2c1C(=O)c1ccccc1C2=O.[Br-]. The third kappa shape index (κ3) is 3.37. The molecule has 0 bridgehead atoms. The number of benzene rings is 2. The van der Waals surface area contributed by atoms with Crippen LogP contribution >= 0.6 is 0 Å². The van der Waals surface area contributed by atoms with E-state index in [-0.39, 0.29) is 63.5 Å². The molecule has 1 aliphatic carbocycles. The lowest BCUT2D eigenvalue weighted by atomic mass is 9.90. The molecule has 30 heavy (non-hydrogen) atoms. The lowest BCUT2D eigenvalue weighted by Gasteiger charge is -2.12. The summed E-state index contributed by atoms with van der Waals surface area (Å²) in [5.74, 6) is -0.877. The number of fused-ring (bicyclic) bond motifs is 2. The van der Waals surface area contributed by atoms with E-state index in [1.165, 1.54) is 28.8 Å². The number of hydrogen-bond donors (Lipinski definition) is 0. The first-order chi connectivity index (χ1) is 13.9. The van der Waals surface area contributed by atoms with Gasteiger partial charge in [0.1, 0.15) is 0 Å². The van der Waals surface area contributed by atoms with Crippen LogP contribution in [0.5, 0.6) is 0 Å². The molecule has 1 heterocycles. The highest BCUT2D eigenvalue weighted by Gasteiger charge is 2.41. The Morgan fingerprint density at radius 1 is 1.03 bits per heavy atom. The molecule has 0 saturated heterocycles. The lowest BCUT2D eigenvalue weighted by molar-refractivity contribution is -0.684. The Kier molecular flexibility index (Phi) is 5.75. The van der Waals surface area contributed by atoms with Crippen LogP contribution in [0.15, 0.2) is 54.9 Å². The van der Waals surface area contributed by atoms with E-state index in [9.17, 15) is 24.5 Å². The van der Waals surface area contributed by atoms with Gasteiger partial charge in [0.25, 0.3) is 5.69 Å². The van der Waals surface area contributed by atoms with Gasteiger partial charge in [0, 0.05) is 28.8 Å². The first kappa shape index (κ1) is 21.3. The summed E-state index contributed by atoms with van der Waals surface area (Å²) < 4.78 is 3.15. The third-order valence-corrected chi connectivity index (χ3v) is 4.98. The molecule has 1 aliphatic rings. The molecule has 8 nitrogen and oxygen atoms in total. The molecular weight excluding hydrogens is 454 g/mol. The number of Topliss-reactive ketones (excluding diaryl/α,β-unsaturated/α-hetero) is 1. The van der Waals surface area contributed by atoms with Gasteiger partial charge >= 0.3 is 0 Å². The number of halogens is 1. The molecule has 9 heteroatoms. The van der Waals surface area contributed by atoms with Crippen LogP contribution in [0.1, 0.15) is 49.4 Å². The van der Waals surface area contributed by atoms with Crippen LogP contribution in [-0.2, 0) is 13.1 Å². The summed E-state index contributed by atoms with van der Waals surface area (Å²) >= 11 is 0. The normalized spacial score (nSPS) is 12.0. The van der Waals surface area contributed by atoms with Crippen molar-refractivity contribution < 1.29 is 40.9 Å². The molecular formula is C21H16BrN3O5. The number of ketones is 3. The molecule has 152 valence electrons. The number of carbonyl (C=O) groups is 3. The van der Waals surface area contributed by atoms with Crippen LogP contribution in [0, 0.1) is 10.1 Å². The molecule has 4 rings (SSSR count). The number of non-ortho nitro benzene ring substituents is 1. The summed E-state index contributed by atoms with van der Waals surface area (Å²) in [7, 11) is 0. The zero-order valence-electron chi connectivity index (χ0n) is 15.9. The minimum Gasteiger partial charge on any atom is -1.00 e. The number of nitrogens with zero attached hydrogens (tertiary/aromatic N) is 3. The number of carbonyl (C=O) groups excluding carboxylic acids is 3. The predicted octanol–water partition coefficient (Wildman–Crippen LogP) is -0.634. The smallest absolute Gasteiger partial charge is 0.269 e. The number of aryl methyl sites for hydroxylation is 1. The van der Waals surface area contributed by atoms with Gasteiger partial charge in [0.2, 0.25) is 35.1 Å². The molecule has 0 atom stereocenters. The zero-order valence-corrected chi connectivity index (χ0v) is 17.5. The second-order valence-electron chi connectivity index (χ2n) is 6.66. The van der Waals surface area contributed by atoms with Gasteiger partial charge in [-0.3, -0.25) is 24.5 Å². The van der Waals surface area contributed by atoms with Gasteiger partial charge < -0.3 is 17.0 Å². The van der Waals surface area contributed by atoms with Gasteiger partial charge in [0.05, 0.1) is 11.5 Å². The maximum absolute atomic E-state index is 13.1. The molecule has 0 N–H and O–H groups in total. The van der Waals surface area contributed by atoms with Crippen LogP contribution < -0.4 is 21.5 Å². The average Bonchev–Trinajstić information content (AvgIpc) is 3.10. The molecule has 0 unspecified atom stereocenters. The number of nitro groups is 1. The summed E-state index contributed by atoms with van der Waals surface area (Å²) in [6, 6.07) is 11.9. The van der Waals surface area contributed by atoms with Gasteiger partial charge in [-0.2, -0.15) is 0 Å². The molecule has 0 amide bonds. The molecule has 0 fully saturated rings. The maximum Gasteiger partial charge on any atom is 0.269 e. The minimum absolute atomic E-state index is 0. The molecule has 3 aromatic rings. The van der Waals surface area contributed by atoms with Gasteiger partial charge in [-0.1, -0.05) is 24.3 Å². The number of rotatable bonds is 5. The maximum atomic E-state index is 13.1. The zero-order chi connectivity index (χ0) is 20.7. The van der Waals surface area contributed by atoms with E-state index in [1.807, 2.05) is 6.92 Å². The van der Waals surface area contributed by atoms with Gasteiger partial charge in [0.15, 0.2) is 6.54 Å². The van der Waals surface area contributed by atoms with E-state index in [0.29, 0.717) is 17.7 Å². The Hall–Kier alpha value is -3.46. The minimum atomic E-state index is -0.539. The van der Waals surface area contributed by atoms with E-state index in [0.717, 1.165) is 0 Å². The first-order valence-corrected chi connectivity index (χ1v) is 9.01. The van der Waals surface area contributed by atoms with Gasteiger partial charge in [-0.25, -0.2) is 9.13 Å². The van der Waals surface area contributed by atoms with Crippen LogP contribution in [0.3, 0.4) is 0 Å². The number of aromatic nitrogens is 2. The van der Waals surface area contributed by atoms with Crippen molar-refractivity contribution in [3.63, 3.8) is 0 Å². The Bertz CT molecular complexity index is 1200. The first-order valence-electron chi connectivity index (χ1n) is 9.01. The van der Waals surface area contributed by atoms with E-state index in [4.69, 9.17) is 0 Å². The number of imidazole rings is 1. The largest absolute Gasteiger partial charge is 1.00 e. The van der Waals surface area contributed by atoms with Crippen LogP contribution in [-0.4, -0.2) is 26.8 Å². The van der Waals surface area contributed by atoms with Gasteiger partial charge in [-0.05, 0) is 19.1 Å². The Labute approximate surface area is 181 Å². The van der Waals surface area contributed by atoms with Crippen LogP contribution in [0.2, 0.25) is 0 Å². The highest BCUT2D eigenvalue weighted by atomic mass is 79.9. The van der Waals surface area contributed by atoms with E-state index in [2.05, 4.69) is 0 Å². The summed E-state index contributed by atoms with van der Waals surface area (Å²) in [6.07, 6.45) is 1.59. The quantitative estimate of drug-likeness (QED) is 0.167. The van der Waals surface area contributed by atoms with Crippen molar-refractivity contribution in [3.8, 4) is 0 Å². The second-order valence-corrected chi connectivity index (χ2v) is 6.66. The molecule has 1 aromatic heterocycles. The van der Waals surface area contributed by atoms with Crippen molar-refractivity contribution in [1.29, 1.82) is 0 Å². The Balaban J connectivity index is 0.00000256. The predicted molar refractivity (Wildman–Crippen MR) is 101 cm³/mol. The summed E-state index contributed by atoms with van der Waals surface area (Å²) in [6.45, 7) is 2.15. The fourth-order valence-electron chi connectivity index (χ4n) is 3.54. The fourth-order valence-corrected chi connectivity index (χ4v) is 3.54. The number of hydrogen-bond acceptors (Lipinski definition) is 5.